The van der Waals surface area contributed by atoms with Gasteiger partial charge in [0.25, 0.3) is 0 Å². The minimum atomic E-state index is -0.593. The number of nitrogen functional groups attached to an aromatic ring is 1. The Kier molecular flexibility index (Phi) is 6.50. The molecular formula is C24H26FN7O3. The highest BCUT2D eigenvalue weighted by Gasteiger charge is 2.18. The minimum absolute atomic E-state index is 0.00568. The molecule has 4 aromatic rings. The summed E-state index contributed by atoms with van der Waals surface area (Å²) in [6.07, 6.45) is 4.18. The van der Waals surface area contributed by atoms with Gasteiger partial charge in [-0.3, -0.25) is 0 Å². The number of nitrogens with one attached hydrogen (secondary N) is 1. The average molecular weight is 480 g/mol. The van der Waals surface area contributed by atoms with Gasteiger partial charge in [-0.05, 0) is 51.5 Å². The quantitative estimate of drug-likeness (QED) is 0.420. The molecule has 0 radical (unpaired) electrons. The predicted molar refractivity (Wildman–Crippen MR) is 128 cm³/mol. The van der Waals surface area contributed by atoms with Gasteiger partial charge in [0, 0.05) is 36.7 Å². The van der Waals surface area contributed by atoms with Gasteiger partial charge in [0.2, 0.25) is 0 Å². The molecule has 3 heterocycles. The van der Waals surface area contributed by atoms with Crippen molar-refractivity contribution in [1.82, 2.24) is 29.8 Å². The van der Waals surface area contributed by atoms with Crippen molar-refractivity contribution in [2.75, 3.05) is 12.3 Å². The molecule has 0 spiro atoms. The van der Waals surface area contributed by atoms with E-state index in [4.69, 9.17) is 15.2 Å². The monoisotopic (exact) mass is 479 g/mol. The number of anilines is 1. The van der Waals surface area contributed by atoms with E-state index in [-0.39, 0.29) is 17.6 Å². The first-order chi connectivity index (χ1) is 16.6. The van der Waals surface area contributed by atoms with Crippen molar-refractivity contribution in [3.8, 4) is 22.9 Å². The smallest absolute Gasteiger partial charge is 0.407 e. The summed E-state index contributed by atoms with van der Waals surface area (Å²) in [5.74, 6) is -0.331. The molecule has 10 nitrogen and oxygen atoms in total. The molecule has 1 amide bonds. The van der Waals surface area contributed by atoms with Gasteiger partial charge in [-0.1, -0.05) is 6.07 Å². The van der Waals surface area contributed by atoms with Crippen LogP contribution in [0.15, 0.2) is 43.0 Å². The first kappa shape index (κ1) is 23.9. The number of aryl methyl sites for hydroxylation is 1. The average Bonchev–Trinajstić information content (AvgIpc) is 3.14. The largest absolute Gasteiger partial charge is 0.444 e. The Morgan fingerprint density at radius 1 is 1.20 bits per heavy atom. The van der Waals surface area contributed by atoms with Crippen molar-refractivity contribution >= 4 is 22.9 Å². The van der Waals surface area contributed by atoms with Crippen LogP contribution in [0.1, 0.15) is 26.5 Å². The SMILES string of the molecule is Cc1ccnc(Oc2ccc(-c3cn(CCNC(=O)OC(C)(C)C)c4ncnc(N)c34)cc2F)n1. The van der Waals surface area contributed by atoms with Gasteiger partial charge in [-0.2, -0.15) is 0 Å². The Hall–Kier alpha value is -4.28. The molecule has 35 heavy (non-hydrogen) atoms. The molecule has 0 saturated carbocycles. The number of amides is 1. The third-order valence-electron chi connectivity index (χ3n) is 4.92. The normalized spacial score (nSPS) is 11.5. The third kappa shape index (κ3) is 5.62. The zero-order valence-corrected chi connectivity index (χ0v) is 19.9. The second-order valence-electron chi connectivity index (χ2n) is 8.85. The fraction of sp³-hybridized carbons (Fsp3) is 0.292. The number of carbonyl (C=O) groups is 1. The van der Waals surface area contributed by atoms with E-state index >= 15 is 0 Å². The van der Waals surface area contributed by atoms with E-state index < -0.39 is 17.5 Å². The highest BCUT2D eigenvalue weighted by Crippen LogP contribution is 2.35. The van der Waals surface area contributed by atoms with Gasteiger partial charge in [0.15, 0.2) is 11.6 Å². The Morgan fingerprint density at radius 3 is 2.71 bits per heavy atom. The minimum Gasteiger partial charge on any atom is -0.444 e. The van der Waals surface area contributed by atoms with E-state index in [1.807, 2.05) is 4.57 Å². The van der Waals surface area contributed by atoms with E-state index in [0.29, 0.717) is 40.9 Å². The lowest BCUT2D eigenvalue weighted by molar-refractivity contribution is 0.0526. The van der Waals surface area contributed by atoms with E-state index in [0.717, 1.165) is 0 Å². The summed E-state index contributed by atoms with van der Waals surface area (Å²) in [6.45, 7) is 7.85. The number of ether oxygens (including phenoxy) is 2. The highest BCUT2D eigenvalue weighted by atomic mass is 19.1. The maximum atomic E-state index is 14.9. The van der Waals surface area contributed by atoms with Crippen LogP contribution < -0.4 is 15.8 Å². The number of aromatic nitrogens is 5. The van der Waals surface area contributed by atoms with Crippen LogP contribution >= 0.6 is 0 Å². The van der Waals surface area contributed by atoms with E-state index in [1.165, 1.54) is 18.5 Å². The number of nitrogens with two attached hydrogens (primary N) is 1. The number of benzene rings is 1. The number of carbonyl (C=O) groups excluding carboxylic acids is 1. The molecule has 3 aromatic heterocycles. The molecule has 11 heteroatoms. The number of fused-ring (bicyclic) bond motifs is 1. The van der Waals surface area contributed by atoms with Gasteiger partial charge in [-0.25, -0.2) is 29.1 Å². The van der Waals surface area contributed by atoms with Crippen LogP contribution in [-0.4, -0.2) is 42.7 Å². The first-order valence-corrected chi connectivity index (χ1v) is 10.9. The van der Waals surface area contributed by atoms with Crippen LogP contribution in [0.5, 0.6) is 11.8 Å². The molecule has 0 fully saturated rings. The molecule has 0 bridgehead atoms. The number of rotatable bonds is 6. The predicted octanol–water partition coefficient (Wildman–Crippen LogP) is 4.24. The highest BCUT2D eigenvalue weighted by molar-refractivity contribution is 6.00. The molecule has 0 aliphatic heterocycles. The molecule has 3 N–H and O–H groups in total. The molecule has 182 valence electrons. The van der Waals surface area contributed by atoms with Crippen LogP contribution in [0.25, 0.3) is 22.2 Å². The van der Waals surface area contributed by atoms with Gasteiger partial charge in [0.05, 0.1) is 5.39 Å². The van der Waals surface area contributed by atoms with Crippen LogP contribution in [0.3, 0.4) is 0 Å². The molecule has 1 aromatic carbocycles. The maximum Gasteiger partial charge on any atom is 0.407 e. The summed E-state index contributed by atoms with van der Waals surface area (Å²) < 4.78 is 27.5. The number of nitrogens with zero attached hydrogens (tertiary/aromatic N) is 5. The molecule has 0 atom stereocenters. The van der Waals surface area contributed by atoms with Gasteiger partial charge < -0.3 is 25.1 Å². The number of hydrogen-bond acceptors (Lipinski definition) is 8. The molecule has 0 aliphatic rings. The van der Waals surface area contributed by atoms with Gasteiger partial charge in [0.1, 0.15) is 23.4 Å². The van der Waals surface area contributed by atoms with Crippen molar-refractivity contribution in [2.24, 2.45) is 0 Å². The Bertz CT molecular complexity index is 1380. The van der Waals surface area contributed by atoms with Crippen molar-refractivity contribution < 1.29 is 18.7 Å². The lowest BCUT2D eigenvalue weighted by atomic mass is 10.1. The van der Waals surface area contributed by atoms with Crippen LogP contribution in [0.4, 0.5) is 15.0 Å². The number of alkyl carbamates (subject to hydrolysis) is 1. The summed E-state index contributed by atoms with van der Waals surface area (Å²) in [5.41, 5.74) is 8.03. The molecule has 0 aliphatic carbocycles. The third-order valence-corrected chi connectivity index (χ3v) is 4.92. The Labute approximate surface area is 201 Å². The van der Waals surface area contributed by atoms with Crippen molar-refractivity contribution in [3.63, 3.8) is 0 Å². The van der Waals surface area contributed by atoms with E-state index in [2.05, 4.69) is 25.3 Å². The second kappa shape index (κ2) is 9.53. The van der Waals surface area contributed by atoms with Crippen LogP contribution in [0.2, 0.25) is 0 Å². The molecule has 0 saturated heterocycles. The topological polar surface area (TPSA) is 130 Å². The molecule has 0 unspecified atom stereocenters. The first-order valence-electron chi connectivity index (χ1n) is 10.9. The zero-order valence-electron chi connectivity index (χ0n) is 19.9. The fourth-order valence-corrected chi connectivity index (χ4v) is 3.45. The summed E-state index contributed by atoms with van der Waals surface area (Å²) in [4.78, 5) is 28.5. The standard InChI is InChI=1S/C24H26FN7O3/c1-14-7-8-27-22(31-14)34-18-6-5-15(11-17(18)25)16-12-32(21-19(16)20(26)29-13-30-21)10-9-28-23(33)35-24(2,3)4/h5-8,11-13H,9-10H2,1-4H3,(H,28,33)(H2,26,29,30). The Balaban J connectivity index is 1.59. The van der Waals surface area contributed by atoms with Crippen LogP contribution in [0, 0.1) is 12.7 Å². The van der Waals surface area contributed by atoms with Crippen molar-refractivity contribution in [2.45, 2.75) is 39.8 Å². The number of hydrogen-bond donors (Lipinski definition) is 2. The lowest BCUT2D eigenvalue weighted by Gasteiger charge is -2.19. The van der Waals surface area contributed by atoms with Gasteiger partial charge in [-0.15, -0.1) is 0 Å². The van der Waals surface area contributed by atoms with Crippen LogP contribution in [-0.2, 0) is 11.3 Å². The number of halogens is 1. The fourth-order valence-electron chi connectivity index (χ4n) is 3.45. The second-order valence-corrected chi connectivity index (χ2v) is 8.85. The zero-order chi connectivity index (χ0) is 25.2. The molecule has 4 rings (SSSR count). The summed E-state index contributed by atoms with van der Waals surface area (Å²) in [5, 5.41) is 3.30. The summed E-state index contributed by atoms with van der Waals surface area (Å²) >= 11 is 0. The lowest BCUT2D eigenvalue weighted by Crippen LogP contribution is -2.34. The van der Waals surface area contributed by atoms with E-state index in [1.54, 1.807) is 52.2 Å². The van der Waals surface area contributed by atoms with Gasteiger partial charge >= 0.3 is 12.1 Å². The van der Waals surface area contributed by atoms with E-state index in [9.17, 15) is 9.18 Å². The summed E-state index contributed by atoms with van der Waals surface area (Å²) in [7, 11) is 0. The Morgan fingerprint density at radius 2 is 2.00 bits per heavy atom. The van der Waals surface area contributed by atoms with Crippen molar-refractivity contribution in [3.05, 3.63) is 54.5 Å². The summed E-state index contributed by atoms with van der Waals surface area (Å²) in [6, 6.07) is 6.33. The molecular weight excluding hydrogens is 453 g/mol. The van der Waals surface area contributed by atoms with Crippen molar-refractivity contribution in [1.29, 1.82) is 0 Å². The maximum absolute atomic E-state index is 14.9.